The predicted octanol–water partition coefficient (Wildman–Crippen LogP) is 5.04. The van der Waals surface area contributed by atoms with Crippen molar-refractivity contribution in [1.29, 1.82) is 0 Å². The van der Waals surface area contributed by atoms with E-state index in [9.17, 15) is 4.79 Å². The summed E-state index contributed by atoms with van der Waals surface area (Å²) in [7, 11) is 0. The Morgan fingerprint density at radius 2 is 1.59 bits per heavy atom. The van der Waals surface area contributed by atoms with Crippen LogP contribution in [0.4, 0.5) is 0 Å². The van der Waals surface area contributed by atoms with Crippen LogP contribution in [0.25, 0.3) is 0 Å². The summed E-state index contributed by atoms with van der Waals surface area (Å²) in [6, 6.07) is 0. The van der Waals surface area contributed by atoms with Crippen LogP contribution in [-0.2, 0) is 9.53 Å². The van der Waals surface area contributed by atoms with Crippen LogP contribution in [0, 0.1) is 23.7 Å². The van der Waals surface area contributed by atoms with Gasteiger partial charge in [-0.3, -0.25) is 4.79 Å². The minimum Gasteiger partial charge on any atom is -0.462 e. The van der Waals surface area contributed by atoms with Crippen LogP contribution < -0.4 is 0 Å². The quantitative estimate of drug-likeness (QED) is 0.335. The first-order chi connectivity index (χ1) is 10.1. The van der Waals surface area contributed by atoms with Gasteiger partial charge < -0.3 is 4.74 Å². The second kappa shape index (κ2) is 4.56. The lowest BCUT2D eigenvalue weighted by Gasteiger charge is -2.41. The molecule has 0 aromatic carbocycles. The molecule has 0 radical (unpaired) electrons. The molecule has 4 rings (SSSR count). The van der Waals surface area contributed by atoms with E-state index in [0.29, 0.717) is 0 Å². The summed E-state index contributed by atoms with van der Waals surface area (Å²) in [5.74, 6) is -0.252. The zero-order valence-corrected chi connectivity index (χ0v) is 15.9. The Morgan fingerprint density at radius 1 is 1.05 bits per heavy atom. The number of carbonyl (C=O) groups is 1. The maximum Gasteiger partial charge on any atom is 0.302 e. The highest BCUT2D eigenvalue weighted by molar-refractivity contribution is 6.65. The molecule has 7 atom stereocenters. The van der Waals surface area contributed by atoms with Gasteiger partial charge in [-0.2, -0.15) is 0 Å². The van der Waals surface area contributed by atoms with E-state index in [0.717, 1.165) is 12.8 Å². The lowest BCUT2D eigenvalue weighted by molar-refractivity contribution is -0.150. The Kier molecular flexibility index (Phi) is 3.41. The predicted molar refractivity (Wildman–Crippen MR) is 89.1 cm³/mol. The summed E-state index contributed by atoms with van der Waals surface area (Å²) >= 11 is 39.7. The van der Waals surface area contributed by atoms with E-state index in [1.165, 1.54) is 6.92 Å². The number of hydrogen-bond donors (Lipinski definition) is 0. The molecule has 4 bridgehead atoms. The summed E-state index contributed by atoms with van der Waals surface area (Å²) in [6.45, 7) is 1.40. The van der Waals surface area contributed by atoms with E-state index in [2.05, 4.69) is 0 Å². The molecule has 122 valence electrons. The summed E-state index contributed by atoms with van der Waals surface area (Å²) in [4.78, 5) is 8.91. The van der Waals surface area contributed by atoms with Crippen molar-refractivity contribution in [3.63, 3.8) is 0 Å². The number of carbonyl (C=O) groups excluding carboxylic acids is 1. The fourth-order valence-electron chi connectivity index (χ4n) is 5.34. The smallest absolute Gasteiger partial charge is 0.302 e. The maximum atomic E-state index is 11.3. The highest BCUT2D eigenvalue weighted by atomic mass is 35.5. The van der Waals surface area contributed by atoms with E-state index >= 15 is 0 Å². The van der Waals surface area contributed by atoms with E-state index in [4.69, 9.17) is 74.3 Å². The summed E-state index contributed by atoms with van der Waals surface area (Å²) in [6.07, 6.45) is 1.42. The van der Waals surface area contributed by atoms with Crippen molar-refractivity contribution in [2.75, 3.05) is 0 Å². The van der Waals surface area contributed by atoms with Crippen molar-refractivity contribution in [3.8, 4) is 0 Å². The van der Waals surface area contributed by atoms with Crippen molar-refractivity contribution in [2.24, 2.45) is 23.7 Å². The molecule has 0 N–H and O–H groups in total. The Balaban J connectivity index is 1.83. The number of allylic oxidation sites excluding steroid dienone is 2. The monoisotopic (exact) mass is 422 g/mol. The molecule has 4 aliphatic carbocycles. The minimum absolute atomic E-state index is 0.0485. The zero-order valence-electron chi connectivity index (χ0n) is 11.4. The fraction of sp³-hybridized carbons (Fsp3) is 0.786. The van der Waals surface area contributed by atoms with Gasteiger partial charge in [0.2, 0.25) is 0 Å². The van der Waals surface area contributed by atoms with Gasteiger partial charge in [-0.15, -0.1) is 23.2 Å². The van der Waals surface area contributed by atoms with Crippen LogP contribution >= 0.6 is 69.6 Å². The van der Waals surface area contributed by atoms with Crippen LogP contribution in [-0.4, -0.2) is 26.2 Å². The third kappa shape index (κ3) is 1.48. The third-order valence-corrected chi connectivity index (χ3v) is 10.2. The molecule has 0 heterocycles. The molecule has 0 saturated heterocycles. The van der Waals surface area contributed by atoms with Gasteiger partial charge in [-0.1, -0.05) is 46.4 Å². The first-order valence-electron chi connectivity index (χ1n) is 7.07. The van der Waals surface area contributed by atoms with Gasteiger partial charge in [0.05, 0.1) is 10.1 Å². The topological polar surface area (TPSA) is 26.3 Å². The van der Waals surface area contributed by atoms with Gasteiger partial charge in [0.25, 0.3) is 0 Å². The lowest BCUT2D eigenvalue weighted by Crippen LogP contribution is -2.46. The van der Waals surface area contributed by atoms with Crippen LogP contribution in [0.15, 0.2) is 10.1 Å². The van der Waals surface area contributed by atoms with Gasteiger partial charge in [-0.25, -0.2) is 0 Å². The normalized spacial score (nSPS) is 54.0. The van der Waals surface area contributed by atoms with Crippen molar-refractivity contribution >= 4 is 75.6 Å². The molecule has 22 heavy (non-hydrogen) atoms. The number of alkyl halides is 4. The number of hydrogen-bond acceptors (Lipinski definition) is 2. The van der Waals surface area contributed by atoms with Gasteiger partial charge >= 0.3 is 5.97 Å². The Bertz CT molecular complexity index is 618. The molecule has 0 aromatic rings. The third-order valence-electron chi connectivity index (χ3n) is 5.92. The standard InChI is InChI=1S/C14H12Cl6O2/c1-4(21)22-7-3-5-2-6(7)9-8(5)12(17)10(15)11(16)13(9,18)14(12,19)20/h5-9H,2-3H2,1H3/t5-,6-,7-,8+,9-,12-,13-/m1/s1. The second-order valence-corrected chi connectivity index (χ2v) is 10.00. The van der Waals surface area contributed by atoms with E-state index in [-0.39, 0.29) is 45.8 Å². The fourth-order valence-corrected chi connectivity index (χ4v) is 8.49. The second-order valence-electron chi connectivity index (χ2n) is 6.72. The van der Waals surface area contributed by atoms with Gasteiger partial charge in [0.15, 0.2) is 4.33 Å². The molecule has 8 heteroatoms. The average Bonchev–Trinajstić information content (AvgIpc) is 3.04. The van der Waals surface area contributed by atoms with Crippen molar-refractivity contribution in [1.82, 2.24) is 0 Å². The highest BCUT2D eigenvalue weighted by Gasteiger charge is 2.86. The molecule has 0 amide bonds. The summed E-state index contributed by atoms with van der Waals surface area (Å²) in [5.41, 5.74) is 0. The molecule has 3 fully saturated rings. The first kappa shape index (κ1) is 16.4. The number of rotatable bonds is 1. The van der Waals surface area contributed by atoms with Crippen LogP contribution in [0.2, 0.25) is 0 Å². The van der Waals surface area contributed by atoms with E-state index in [1.54, 1.807) is 0 Å². The molecule has 4 aliphatic rings. The summed E-state index contributed by atoms with van der Waals surface area (Å²) in [5, 5.41) is 0.486. The SMILES string of the molecule is CC(=O)O[C@@H]1C[C@H]2C[C@H]1[C@@H]1[C@H]2[C@@]2(Cl)C(Cl)=C(Cl)[C@@]1(Cl)C2(Cl)Cl. The molecule has 0 spiro atoms. The van der Waals surface area contributed by atoms with Crippen molar-refractivity contribution < 1.29 is 9.53 Å². The number of ether oxygens (including phenoxy) is 1. The van der Waals surface area contributed by atoms with Crippen molar-refractivity contribution in [3.05, 3.63) is 10.1 Å². The molecule has 2 nitrogen and oxygen atoms in total. The number of halogens is 6. The molecule has 0 aliphatic heterocycles. The lowest BCUT2D eigenvalue weighted by atomic mass is 9.71. The van der Waals surface area contributed by atoms with Gasteiger partial charge in [0, 0.05) is 12.8 Å². The Labute approximate surface area is 158 Å². The summed E-state index contributed by atoms with van der Waals surface area (Å²) < 4.78 is 3.96. The molecular weight excluding hydrogens is 413 g/mol. The van der Waals surface area contributed by atoms with Crippen LogP contribution in [0.5, 0.6) is 0 Å². The van der Waals surface area contributed by atoms with Crippen LogP contribution in [0.1, 0.15) is 19.8 Å². The molecular formula is C14H12Cl6O2. The Hall–Kier alpha value is 0.950. The zero-order chi connectivity index (χ0) is 16.2. The molecule has 3 saturated carbocycles. The van der Waals surface area contributed by atoms with Gasteiger partial charge in [-0.05, 0) is 30.6 Å². The number of esters is 1. The van der Waals surface area contributed by atoms with Gasteiger partial charge in [0.1, 0.15) is 15.9 Å². The van der Waals surface area contributed by atoms with Crippen molar-refractivity contribution in [2.45, 2.75) is 40.0 Å². The number of fused-ring (bicyclic) bond motifs is 9. The molecule has 0 unspecified atom stereocenters. The average molecular weight is 425 g/mol. The first-order valence-corrected chi connectivity index (χ1v) is 9.34. The van der Waals surface area contributed by atoms with E-state index in [1.807, 2.05) is 0 Å². The maximum absolute atomic E-state index is 11.3. The van der Waals surface area contributed by atoms with E-state index < -0.39 is 14.1 Å². The Morgan fingerprint density at radius 3 is 2.14 bits per heavy atom. The largest absolute Gasteiger partial charge is 0.462 e. The highest BCUT2D eigenvalue weighted by Crippen LogP contribution is 2.82. The molecule has 0 aromatic heterocycles. The minimum atomic E-state index is -1.49. The van der Waals surface area contributed by atoms with Crippen LogP contribution in [0.3, 0.4) is 0 Å².